The molecule has 1 N–H and O–H groups in total. The number of rotatable bonds is 5. The topological polar surface area (TPSA) is 81.4 Å². The molecule has 0 spiro atoms. The highest BCUT2D eigenvalue weighted by atomic mass is 16.5. The Morgan fingerprint density at radius 1 is 1.26 bits per heavy atom. The standard InChI is InChI=1S/C20H23N5O2/c1-12-10-15(14-6-5-7-16(22-14)27-4)23-18-17(21-11-25(12)18)19(26)24-20(2,3)13-8-9-13/h5-7,10-11,13H,8-9H2,1-4H3,(H,24,26). The molecule has 7 nitrogen and oxygen atoms in total. The molecule has 0 aromatic carbocycles. The van der Waals surface area contributed by atoms with Gasteiger partial charge in [-0.3, -0.25) is 9.20 Å². The van der Waals surface area contributed by atoms with E-state index in [4.69, 9.17) is 4.74 Å². The molecule has 0 unspecified atom stereocenters. The zero-order chi connectivity index (χ0) is 19.2. The van der Waals surface area contributed by atoms with Crippen molar-refractivity contribution in [3.63, 3.8) is 0 Å². The predicted octanol–water partition coefficient (Wildman–Crippen LogP) is 3.03. The van der Waals surface area contributed by atoms with Gasteiger partial charge in [-0.05, 0) is 51.7 Å². The zero-order valence-electron chi connectivity index (χ0n) is 16.0. The minimum Gasteiger partial charge on any atom is -0.481 e. The summed E-state index contributed by atoms with van der Waals surface area (Å²) in [6.07, 6.45) is 3.94. The van der Waals surface area contributed by atoms with Crippen LogP contribution >= 0.6 is 0 Å². The van der Waals surface area contributed by atoms with Gasteiger partial charge in [0.2, 0.25) is 5.88 Å². The van der Waals surface area contributed by atoms with Crippen molar-refractivity contribution in [2.75, 3.05) is 7.11 Å². The molecule has 0 saturated heterocycles. The van der Waals surface area contributed by atoms with Crippen molar-refractivity contribution in [3.8, 4) is 17.3 Å². The third kappa shape index (κ3) is 3.25. The molecule has 3 aromatic heterocycles. The Kier molecular flexibility index (Phi) is 4.09. The molecule has 3 heterocycles. The fraction of sp³-hybridized carbons (Fsp3) is 0.400. The minimum atomic E-state index is -0.242. The first-order valence-corrected chi connectivity index (χ1v) is 9.07. The normalized spacial score (nSPS) is 14.4. The molecule has 7 heteroatoms. The second-order valence-electron chi connectivity index (χ2n) is 7.58. The minimum absolute atomic E-state index is 0.197. The van der Waals surface area contributed by atoms with E-state index < -0.39 is 0 Å². The van der Waals surface area contributed by atoms with E-state index in [1.165, 1.54) is 0 Å². The Labute approximate surface area is 157 Å². The predicted molar refractivity (Wildman–Crippen MR) is 102 cm³/mol. The third-order valence-corrected chi connectivity index (χ3v) is 5.14. The summed E-state index contributed by atoms with van der Waals surface area (Å²) in [5, 5.41) is 3.12. The van der Waals surface area contributed by atoms with Gasteiger partial charge in [-0.25, -0.2) is 15.0 Å². The van der Waals surface area contributed by atoms with Gasteiger partial charge < -0.3 is 10.1 Å². The molecule has 0 atom stereocenters. The van der Waals surface area contributed by atoms with E-state index in [1.54, 1.807) is 19.5 Å². The van der Waals surface area contributed by atoms with Crippen molar-refractivity contribution < 1.29 is 9.53 Å². The van der Waals surface area contributed by atoms with Crippen molar-refractivity contribution in [1.29, 1.82) is 0 Å². The first-order valence-electron chi connectivity index (χ1n) is 9.07. The number of hydrogen-bond acceptors (Lipinski definition) is 5. The summed E-state index contributed by atoms with van der Waals surface area (Å²) in [7, 11) is 1.58. The summed E-state index contributed by atoms with van der Waals surface area (Å²) >= 11 is 0. The van der Waals surface area contributed by atoms with Gasteiger partial charge in [0.05, 0.1) is 18.5 Å². The molecule has 140 valence electrons. The molecule has 0 radical (unpaired) electrons. The van der Waals surface area contributed by atoms with Crippen LogP contribution in [0.2, 0.25) is 0 Å². The van der Waals surface area contributed by atoms with Gasteiger partial charge in [-0.1, -0.05) is 6.07 Å². The number of amides is 1. The number of fused-ring (bicyclic) bond motifs is 1. The molecule has 27 heavy (non-hydrogen) atoms. The van der Waals surface area contributed by atoms with Crippen molar-refractivity contribution in [1.82, 2.24) is 24.7 Å². The van der Waals surface area contributed by atoms with E-state index in [1.807, 2.05) is 29.5 Å². The van der Waals surface area contributed by atoms with E-state index in [-0.39, 0.29) is 11.4 Å². The van der Waals surface area contributed by atoms with Crippen LogP contribution < -0.4 is 10.1 Å². The number of nitrogens with one attached hydrogen (secondary N) is 1. The van der Waals surface area contributed by atoms with Crippen LogP contribution in [0.25, 0.3) is 17.0 Å². The number of hydrogen-bond donors (Lipinski definition) is 1. The van der Waals surface area contributed by atoms with Gasteiger partial charge in [0, 0.05) is 17.3 Å². The van der Waals surface area contributed by atoms with Gasteiger partial charge in [0.15, 0.2) is 11.3 Å². The number of carbonyl (C=O) groups excluding carboxylic acids is 1. The SMILES string of the molecule is COc1cccc(-c2cc(C)n3cnc(C(=O)NC(C)(C)C4CC4)c3n2)n1. The smallest absolute Gasteiger partial charge is 0.274 e. The molecular formula is C20H23N5O2. The maximum Gasteiger partial charge on any atom is 0.274 e. The number of aryl methyl sites for hydroxylation is 1. The summed E-state index contributed by atoms with van der Waals surface area (Å²) in [5.74, 6) is 0.850. The van der Waals surface area contributed by atoms with Crippen molar-refractivity contribution >= 4 is 11.6 Å². The lowest BCUT2D eigenvalue weighted by atomic mass is 9.98. The number of methoxy groups -OCH3 is 1. The molecule has 1 amide bonds. The van der Waals surface area contributed by atoms with Crippen LogP contribution in [0.3, 0.4) is 0 Å². The summed E-state index contributed by atoms with van der Waals surface area (Å²) in [6.45, 7) is 6.08. The molecule has 4 rings (SSSR count). The third-order valence-electron chi connectivity index (χ3n) is 5.14. The number of carbonyl (C=O) groups is 1. The van der Waals surface area contributed by atoms with Gasteiger partial charge in [0.25, 0.3) is 5.91 Å². The van der Waals surface area contributed by atoms with Crippen molar-refractivity contribution in [2.45, 2.75) is 39.2 Å². The molecule has 0 bridgehead atoms. The number of aromatic nitrogens is 4. The van der Waals surface area contributed by atoms with Crippen LogP contribution in [-0.2, 0) is 0 Å². The molecule has 3 aromatic rings. The summed E-state index contributed by atoms with van der Waals surface area (Å²) in [5.41, 5.74) is 2.90. The molecular weight excluding hydrogens is 342 g/mol. The summed E-state index contributed by atoms with van der Waals surface area (Å²) in [6, 6.07) is 7.44. The highest BCUT2D eigenvalue weighted by Gasteiger charge is 2.39. The number of ether oxygens (including phenoxy) is 1. The highest BCUT2D eigenvalue weighted by Crippen LogP contribution is 2.39. The van der Waals surface area contributed by atoms with Crippen LogP contribution in [-0.4, -0.2) is 37.9 Å². The molecule has 1 saturated carbocycles. The van der Waals surface area contributed by atoms with Crippen LogP contribution in [0.5, 0.6) is 5.88 Å². The number of pyridine rings is 1. The molecule has 0 aliphatic heterocycles. The van der Waals surface area contributed by atoms with E-state index >= 15 is 0 Å². The second-order valence-corrected chi connectivity index (χ2v) is 7.58. The lowest BCUT2D eigenvalue weighted by Gasteiger charge is -2.25. The number of nitrogens with zero attached hydrogens (tertiary/aromatic N) is 4. The van der Waals surface area contributed by atoms with E-state index in [0.29, 0.717) is 34.5 Å². The Balaban J connectivity index is 1.74. The fourth-order valence-corrected chi connectivity index (χ4v) is 3.34. The first kappa shape index (κ1) is 17.5. The van der Waals surface area contributed by atoms with Crippen LogP contribution in [0.4, 0.5) is 0 Å². The fourth-order valence-electron chi connectivity index (χ4n) is 3.34. The average molecular weight is 365 g/mol. The van der Waals surface area contributed by atoms with E-state index in [9.17, 15) is 4.79 Å². The van der Waals surface area contributed by atoms with Gasteiger partial charge in [0.1, 0.15) is 6.33 Å². The van der Waals surface area contributed by atoms with Crippen molar-refractivity contribution in [3.05, 3.63) is 42.0 Å². The number of imidazole rings is 1. The average Bonchev–Trinajstić information content (AvgIpc) is 3.42. The maximum atomic E-state index is 12.9. The second kappa shape index (κ2) is 6.33. The Hall–Kier alpha value is -2.96. The maximum absolute atomic E-state index is 12.9. The lowest BCUT2D eigenvalue weighted by Crippen LogP contribution is -2.45. The van der Waals surface area contributed by atoms with E-state index in [2.05, 4.69) is 34.1 Å². The summed E-state index contributed by atoms with van der Waals surface area (Å²) in [4.78, 5) is 26.3. The quantitative estimate of drug-likeness (QED) is 0.752. The van der Waals surface area contributed by atoms with E-state index in [0.717, 1.165) is 18.5 Å². The van der Waals surface area contributed by atoms with Gasteiger partial charge in [-0.2, -0.15) is 0 Å². The van der Waals surface area contributed by atoms with Gasteiger partial charge in [-0.15, -0.1) is 0 Å². The van der Waals surface area contributed by atoms with Crippen LogP contribution in [0, 0.1) is 12.8 Å². The van der Waals surface area contributed by atoms with Crippen LogP contribution in [0.15, 0.2) is 30.6 Å². The highest BCUT2D eigenvalue weighted by molar-refractivity contribution is 5.98. The van der Waals surface area contributed by atoms with Gasteiger partial charge >= 0.3 is 0 Å². The zero-order valence-corrected chi connectivity index (χ0v) is 16.0. The Bertz CT molecular complexity index is 1020. The Morgan fingerprint density at radius 3 is 2.74 bits per heavy atom. The molecule has 1 aliphatic carbocycles. The van der Waals surface area contributed by atoms with Crippen molar-refractivity contribution in [2.24, 2.45) is 5.92 Å². The molecule has 1 fully saturated rings. The summed E-state index contributed by atoms with van der Waals surface area (Å²) < 4.78 is 7.03. The largest absolute Gasteiger partial charge is 0.481 e. The van der Waals surface area contributed by atoms with Crippen LogP contribution in [0.1, 0.15) is 42.9 Å². The molecule has 1 aliphatic rings. The monoisotopic (exact) mass is 365 g/mol. The first-order chi connectivity index (χ1) is 12.9. The Morgan fingerprint density at radius 2 is 2.04 bits per heavy atom. The lowest BCUT2D eigenvalue weighted by molar-refractivity contribution is 0.0900.